The van der Waals surface area contributed by atoms with Crippen molar-refractivity contribution in [2.24, 2.45) is 0 Å². The van der Waals surface area contributed by atoms with E-state index < -0.39 is 0 Å². The van der Waals surface area contributed by atoms with Crippen molar-refractivity contribution in [3.8, 4) is 5.75 Å². The smallest absolute Gasteiger partial charge is 0.141 e. The van der Waals surface area contributed by atoms with Gasteiger partial charge in [-0.2, -0.15) is 0 Å². The minimum absolute atomic E-state index is 0.00338. The number of benzene rings is 1. The highest BCUT2D eigenvalue weighted by molar-refractivity contribution is 6.32. The third kappa shape index (κ3) is 1.40. The Morgan fingerprint density at radius 2 is 2.29 bits per heavy atom. The standard InChI is InChI=1S/C11H11ClO2/c1-14-11-8(3-2-4-9(11)12)7-5-6-10(7)13/h2-4,7H,5-6H2,1H3. The first kappa shape index (κ1) is 9.53. The Morgan fingerprint density at radius 3 is 2.79 bits per heavy atom. The lowest BCUT2D eigenvalue weighted by molar-refractivity contribution is -0.125. The molecular weight excluding hydrogens is 200 g/mol. The predicted molar refractivity (Wildman–Crippen MR) is 55.0 cm³/mol. The van der Waals surface area contributed by atoms with Crippen molar-refractivity contribution >= 4 is 17.4 Å². The molecule has 1 aromatic carbocycles. The molecule has 1 aromatic rings. The third-order valence-corrected chi connectivity index (χ3v) is 2.94. The number of para-hydroxylation sites is 1. The number of methoxy groups -OCH3 is 1. The maximum Gasteiger partial charge on any atom is 0.141 e. The summed E-state index contributed by atoms with van der Waals surface area (Å²) in [6.45, 7) is 0. The van der Waals surface area contributed by atoms with Gasteiger partial charge in [-0.05, 0) is 12.5 Å². The molecule has 2 rings (SSSR count). The summed E-state index contributed by atoms with van der Waals surface area (Å²) in [4.78, 5) is 11.3. The molecule has 0 N–H and O–H groups in total. The van der Waals surface area contributed by atoms with Crippen molar-refractivity contribution in [3.05, 3.63) is 28.8 Å². The highest BCUT2D eigenvalue weighted by Gasteiger charge is 2.32. The number of hydrogen-bond donors (Lipinski definition) is 0. The van der Waals surface area contributed by atoms with Gasteiger partial charge in [-0.25, -0.2) is 0 Å². The number of hydrogen-bond acceptors (Lipinski definition) is 2. The van der Waals surface area contributed by atoms with Crippen LogP contribution < -0.4 is 4.74 Å². The third-order valence-electron chi connectivity index (χ3n) is 2.65. The van der Waals surface area contributed by atoms with Gasteiger partial charge in [-0.1, -0.05) is 23.7 Å². The molecule has 74 valence electrons. The molecule has 0 bridgehead atoms. The fraction of sp³-hybridized carbons (Fsp3) is 0.364. The van der Waals surface area contributed by atoms with E-state index in [1.807, 2.05) is 12.1 Å². The van der Waals surface area contributed by atoms with E-state index in [9.17, 15) is 4.79 Å². The first-order valence-corrected chi connectivity index (χ1v) is 4.97. The molecule has 1 aliphatic rings. The summed E-state index contributed by atoms with van der Waals surface area (Å²) in [5.41, 5.74) is 0.927. The topological polar surface area (TPSA) is 26.3 Å². The zero-order valence-corrected chi connectivity index (χ0v) is 8.67. The summed E-state index contributed by atoms with van der Waals surface area (Å²) >= 11 is 5.97. The van der Waals surface area contributed by atoms with E-state index >= 15 is 0 Å². The van der Waals surface area contributed by atoms with E-state index in [1.165, 1.54) is 0 Å². The number of rotatable bonds is 2. The lowest BCUT2D eigenvalue weighted by Gasteiger charge is -2.26. The SMILES string of the molecule is COc1c(Cl)cccc1C1CCC1=O. The van der Waals surface area contributed by atoms with Gasteiger partial charge in [0.15, 0.2) is 0 Å². The van der Waals surface area contributed by atoms with E-state index in [0.29, 0.717) is 17.2 Å². The molecular formula is C11H11ClO2. The van der Waals surface area contributed by atoms with Crippen LogP contribution in [0.1, 0.15) is 24.3 Å². The molecule has 0 heterocycles. The molecule has 0 radical (unpaired) electrons. The quantitative estimate of drug-likeness (QED) is 0.751. The highest BCUT2D eigenvalue weighted by atomic mass is 35.5. The first-order chi connectivity index (χ1) is 6.74. The van der Waals surface area contributed by atoms with Crippen LogP contribution in [0, 0.1) is 0 Å². The molecule has 1 aliphatic carbocycles. The van der Waals surface area contributed by atoms with Gasteiger partial charge >= 0.3 is 0 Å². The lowest BCUT2D eigenvalue weighted by Crippen LogP contribution is -2.23. The summed E-state index contributed by atoms with van der Waals surface area (Å²) in [5.74, 6) is 0.932. The molecule has 0 spiro atoms. The number of carbonyl (C=O) groups excluding carboxylic acids is 1. The zero-order chi connectivity index (χ0) is 10.1. The molecule has 1 unspecified atom stereocenters. The van der Waals surface area contributed by atoms with Crippen LogP contribution in [0.25, 0.3) is 0 Å². The van der Waals surface area contributed by atoms with Crippen LogP contribution in [0.4, 0.5) is 0 Å². The molecule has 1 saturated carbocycles. The minimum atomic E-state index is 0.00338. The van der Waals surface area contributed by atoms with Crippen molar-refractivity contribution in [1.29, 1.82) is 0 Å². The number of ketones is 1. The second-order valence-corrected chi connectivity index (χ2v) is 3.83. The summed E-state index contributed by atoms with van der Waals surface area (Å²) in [7, 11) is 1.58. The monoisotopic (exact) mass is 210 g/mol. The van der Waals surface area contributed by atoms with Crippen LogP contribution in [0.5, 0.6) is 5.75 Å². The summed E-state index contributed by atoms with van der Waals surface area (Å²) in [5, 5.41) is 0.574. The van der Waals surface area contributed by atoms with Crippen molar-refractivity contribution < 1.29 is 9.53 Å². The number of Topliss-reactive ketones (excluding diaryl/α,β-unsaturated/α-hetero) is 1. The lowest BCUT2D eigenvalue weighted by atomic mass is 9.78. The van der Waals surface area contributed by atoms with E-state index in [-0.39, 0.29) is 11.7 Å². The van der Waals surface area contributed by atoms with Crippen molar-refractivity contribution in [2.75, 3.05) is 7.11 Å². The van der Waals surface area contributed by atoms with Gasteiger partial charge < -0.3 is 4.74 Å². The van der Waals surface area contributed by atoms with Crippen molar-refractivity contribution in [3.63, 3.8) is 0 Å². The number of ether oxygens (including phenoxy) is 1. The second kappa shape index (κ2) is 3.62. The van der Waals surface area contributed by atoms with E-state index in [0.717, 1.165) is 12.0 Å². The fourth-order valence-corrected chi connectivity index (χ4v) is 2.01. The van der Waals surface area contributed by atoms with E-state index in [4.69, 9.17) is 16.3 Å². The summed E-state index contributed by atoms with van der Waals surface area (Å²) in [6, 6.07) is 5.53. The first-order valence-electron chi connectivity index (χ1n) is 4.59. The Balaban J connectivity index is 2.41. The maximum absolute atomic E-state index is 11.3. The Labute approximate surface area is 87.8 Å². The molecule has 1 fully saturated rings. The van der Waals surface area contributed by atoms with Gasteiger partial charge in [0.25, 0.3) is 0 Å². The normalized spacial score (nSPS) is 20.4. The summed E-state index contributed by atoms with van der Waals surface area (Å²) < 4.78 is 5.20. The van der Waals surface area contributed by atoms with Crippen LogP contribution in [0.3, 0.4) is 0 Å². The minimum Gasteiger partial charge on any atom is -0.495 e. The molecule has 0 aliphatic heterocycles. The molecule has 3 heteroatoms. The number of carbonyl (C=O) groups is 1. The second-order valence-electron chi connectivity index (χ2n) is 3.42. The molecule has 0 aromatic heterocycles. The van der Waals surface area contributed by atoms with Crippen LogP contribution in [0.2, 0.25) is 5.02 Å². The van der Waals surface area contributed by atoms with Crippen molar-refractivity contribution in [2.45, 2.75) is 18.8 Å². The van der Waals surface area contributed by atoms with Gasteiger partial charge in [-0.15, -0.1) is 0 Å². The molecule has 1 atom stereocenters. The summed E-state index contributed by atoms with van der Waals surface area (Å²) in [6.07, 6.45) is 1.59. The predicted octanol–water partition coefficient (Wildman–Crippen LogP) is 2.80. The molecule has 0 saturated heterocycles. The van der Waals surface area contributed by atoms with Crippen LogP contribution in [-0.4, -0.2) is 12.9 Å². The molecule has 14 heavy (non-hydrogen) atoms. The van der Waals surface area contributed by atoms with Crippen LogP contribution in [0.15, 0.2) is 18.2 Å². The molecule has 2 nitrogen and oxygen atoms in total. The average Bonchev–Trinajstić information content (AvgIpc) is 2.16. The maximum atomic E-state index is 11.3. The van der Waals surface area contributed by atoms with Gasteiger partial charge in [0.1, 0.15) is 11.5 Å². The van der Waals surface area contributed by atoms with E-state index in [1.54, 1.807) is 13.2 Å². The fourth-order valence-electron chi connectivity index (χ4n) is 1.75. The van der Waals surface area contributed by atoms with Crippen LogP contribution >= 0.6 is 11.6 Å². The zero-order valence-electron chi connectivity index (χ0n) is 7.92. The van der Waals surface area contributed by atoms with E-state index in [2.05, 4.69) is 0 Å². The van der Waals surface area contributed by atoms with Crippen molar-refractivity contribution in [1.82, 2.24) is 0 Å². The van der Waals surface area contributed by atoms with Gasteiger partial charge in [0.2, 0.25) is 0 Å². The highest BCUT2D eigenvalue weighted by Crippen LogP contribution is 2.40. The largest absolute Gasteiger partial charge is 0.495 e. The Hall–Kier alpha value is -1.02. The number of halogens is 1. The molecule has 0 amide bonds. The Kier molecular flexibility index (Phi) is 2.46. The Bertz CT molecular complexity index is 374. The van der Waals surface area contributed by atoms with Gasteiger partial charge in [-0.3, -0.25) is 4.79 Å². The van der Waals surface area contributed by atoms with Gasteiger partial charge in [0.05, 0.1) is 12.1 Å². The van der Waals surface area contributed by atoms with Crippen LogP contribution in [-0.2, 0) is 4.79 Å². The Morgan fingerprint density at radius 1 is 1.50 bits per heavy atom. The average molecular weight is 211 g/mol. The van der Waals surface area contributed by atoms with Gasteiger partial charge in [0, 0.05) is 17.9 Å².